The summed E-state index contributed by atoms with van der Waals surface area (Å²) < 4.78 is 11.3. The lowest BCUT2D eigenvalue weighted by atomic mass is 10.2. The molecule has 1 amide bonds. The molecule has 0 unspecified atom stereocenters. The summed E-state index contributed by atoms with van der Waals surface area (Å²) >= 11 is 6.06. The first-order valence-corrected chi connectivity index (χ1v) is 8.61. The van der Waals surface area contributed by atoms with Crippen molar-refractivity contribution < 1.29 is 14.3 Å². The third-order valence-corrected chi connectivity index (χ3v) is 3.81. The molecule has 136 valence electrons. The molecule has 3 rings (SSSR count). The quantitative estimate of drug-likeness (QED) is 0.378. The molecule has 0 aromatic heterocycles. The van der Waals surface area contributed by atoms with Crippen molar-refractivity contribution >= 4 is 23.7 Å². The summed E-state index contributed by atoms with van der Waals surface area (Å²) in [6.45, 7) is 0. The van der Waals surface area contributed by atoms with Gasteiger partial charge in [-0.05, 0) is 30.3 Å². The maximum atomic E-state index is 12.5. The molecule has 3 aromatic carbocycles. The second-order valence-electron chi connectivity index (χ2n) is 5.45. The monoisotopic (exact) mass is 380 g/mol. The minimum Gasteiger partial charge on any atom is -0.446 e. The van der Waals surface area contributed by atoms with E-state index in [9.17, 15) is 4.79 Å². The van der Waals surface area contributed by atoms with Gasteiger partial charge < -0.3 is 9.47 Å². The highest BCUT2D eigenvalue weighted by Gasteiger charge is 2.22. The highest BCUT2D eigenvalue weighted by Crippen LogP contribution is 2.16. The van der Waals surface area contributed by atoms with Crippen LogP contribution in [-0.4, -0.2) is 18.4 Å². The number of hydrogen-bond acceptors (Lipinski definition) is 4. The van der Waals surface area contributed by atoms with Crippen LogP contribution in [0.15, 0.2) is 90.0 Å². The first-order chi connectivity index (χ1) is 13.2. The predicted octanol–water partition coefficient (Wildman–Crippen LogP) is 4.27. The summed E-state index contributed by atoms with van der Waals surface area (Å²) in [4.78, 5) is 12.5. The van der Waals surface area contributed by atoms with Gasteiger partial charge in [0.1, 0.15) is 11.5 Å². The van der Waals surface area contributed by atoms with Crippen molar-refractivity contribution in [2.24, 2.45) is 5.10 Å². The summed E-state index contributed by atoms with van der Waals surface area (Å²) in [6.07, 6.45) is 0.251. The van der Waals surface area contributed by atoms with E-state index in [1.165, 1.54) is 6.21 Å². The van der Waals surface area contributed by atoms with Crippen molar-refractivity contribution in [1.82, 2.24) is 5.43 Å². The molecule has 5 nitrogen and oxygen atoms in total. The summed E-state index contributed by atoms with van der Waals surface area (Å²) in [5.41, 5.74) is 3.11. The Hall–Kier alpha value is -3.31. The third-order valence-electron chi connectivity index (χ3n) is 3.47. The molecule has 1 N–H and O–H groups in total. The van der Waals surface area contributed by atoms with Gasteiger partial charge in [0.05, 0.1) is 6.21 Å². The SMILES string of the molecule is O=C(NN=Cc1ccccc1Cl)C(Oc1ccccc1)Oc1ccccc1. The average Bonchev–Trinajstić information content (AvgIpc) is 2.70. The minimum atomic E-state index is -1.21. The van der Waals surface area contributed by atoms with E-state index in [-0.39, 0.29) is 0 Å². The van der Waals surface area contributed by atoms with Crippen LogP contribution >= 0.6 is 11.6 Å². The Morgan fingerprint density at radius 1 is 0.852 bits per heavy atom. The van der Waals surface area contributed by atoms with Gasteiger partial charge in [-0.25, -0.2) is 5.43 Å². The maximum Gasteiger partial charge on any atom is 0.323 e. The lowest BCUT2D eigenvalue weighted by Crippen LogP contribution is -2.40. The smallest absolute Gasteiger partial charge is 0.323 e. The van der Waals surface area contributed by atoms with Crippen molar-refractivity contribution in [3.63, 3.8) is 0 Å². The van der Waals surface area contributed by atoms with E-state index in [1.54, 1.807) is 36.4 Å². The van der Waals surface area contributed by atoms with Crippen LogP contribution in [0, 0.1) is 0 Å². The second kappa shape index (κ2) is 9.40. The van der Waals surface area contributed by atoms with Crippen molar-refractivity contribution in [3.8, 4) is 11.5 Å². The van der Waals surface area contributed by atoms with Crippen LogP contribution in [0.5, 0.6) is 11.5 Å². The molecule has 27 heavy (non-hydrogen) atoms. The fraction of sp³-hybridized carbons (Fsp3) is 0.0476. The Labute approximate surface area is 162 Å². The Kier molecular flexibility index (Phi) is 6.44. The Bertz CT molecular complexity index is 860. The second-order valence-corrected chi connectivity index (χ2v) is 5.86. The van der Waals surface area contributed by atoms with Crippen LogP contribution in [0.3, 0.4) is 0 Å². The molecule has 0 heterocycles. The lowest BCUT2D eigenvalue weighted by molar-refractivity contribution is -0.140. The number of nitrogens with zero attached hydrogens (tertiary/aromatic N) is 1. The molecular weight excluding hydrogens is 364 g/mol. The fourth-order valence-corrected chi connectivity index (χ4v) is 2.36. The fourth-order valence-electron chi connectivity index (χ4n) is 2.17. The van der Waals surface area contributed by atoms with Gasteiger partial charge in [-0.15, -0.1) is 0 Å². The summed E-state index contributed by atoms with van der Waals surface area (Å²) in [6, 6.07) is 25.1. The van der Waals surface area contributed by atoms with Gasteiger partial charge in [-0.2, -0.15) is 5.10 Å². The summed E-state index contributed by atoms with van der Waals surface area (Å²) in [5.74, 6) is 0.457. The Morgan fingerprint density at radius 2 is 1.37 bits per heavy atom. The first-order valence-electron chi connectivity index (χ1n) is 8.23. The van der Waals surface area contributed by atoms with Gasteiger partial charge >= 0.3 is 12.2 Å². The standard InChI is InChI=1S/C21H17ClN2O3/c22-19-14-8-7-9-16(19)15-23-24-20(25)21(26-17-10-3-1-4-11-17)27-18-12-5-2-6-13-18/h1-15,21H,(H,24,25). The molecule has 3 aromatic rings. The van der Waals surface area contributed by atoms with E-state index in [4.69, 9.17) is 21.1 Å². The number of nitrogens with one attached hydrogen (secondary N) is 1. The third kappa shape index (κ3) is 5.59. The molecule has 0 atom stereocenters. The van der Waals surface area contributed by atoms with Crippen molar-refractivity contribution in [1.29, 1.82) is 0 Å². The van der Waals surface area contributed by atoms with E-state index in [0.717, 1.165) is 0 Å². The van der Waals surface area contributed by atoms with E-state index in [0.29, 0.717) is 22.1 Å². The topological polar surface area (TPSA) is 59.9 Å². The van der Waals surface area contributed by atoms with E-state index < -0.39 is 12.2 Å². The summed E-state index contributed by atoms with van der Waals surface area (Å²) in [5, 5.41) is 4.47. The van der Waals surface area contributed by atoms with Gasteiger partial charge in [0, 0.05) is 10.6 Å². The van der Waals surface area contributed by atoms with Crippen LogP contribution in [0.4, 0.5) is 0 Å². The molecule has 0 saturated heterocycles. The molecule has 0 aliphatic rings. The molecule has 6 heteroatoms. The molecule has 0 spiro atoms. The number of carbonyl (C=O) groups is 1. The minimum absolute atomic E-state index is 0.503. The van der Waals surface area contributed by atoms with Crippen molar-refractivity contribution in [3.05, 3.63) is 95.5 Å². The van der Waals surface area contributed by atoms with Gasteiger partial charge in [0.2, 0.25) is 0 Å². The van der Waals surface area contributed by atoms with Crippen LogP contribution < -0.4 is 14.9 Å². The molecular formula is C21H17ClN2O3. The Balaban J connectivity index is 1.70. The number of ether oxygens (including phenoxy) is 2. The highest BCUT2D eigenvalue weighted by atomic mass is 35.5. The first kappa shape index (κ1) is 18.5. The van der Waals surface area contributed by atoms with Gasteiger partial charge in [-0.1, -0.05) is 66.2 Å². The normalized spacial score (nSPS) is 10.7. The van der Waals surface area contributed by atoms with Crippen LogP contribution in [0.25, 0.3) is 0 Å². The zero-order valence-corrected chi connectivity index (χ0v) is 15.0. The zero-order chi connectivity index (χ0) is 18.9. The van der Waals surface area contributed by atoms with Gasteiger partial charge in [-0.3, -0.25) is 4.79 Å². The number of hydrazone groups is 1. The molecule has 0 aliphatic carbocycles. The molecule has 0 aliphatic heterocycles. The number of hydrogen-bond donors (Lipinski definition) is 1. The van der Waals surface area contributed by atoms with Gasteiger partial charge in [0.25, 0.3) is 0 Å². The van der Waals surface area contributed by atoms with Crippen molar-refractivity contribution in [2.75, 3.05) is 0 Å². The zero-order valence-electron chi connectivity index (χ0n) is 14.3. The number of halogens is 1. The number of para-hydroxylation sites is 2. The summed E-state index contributed by atoms with van der Waals surface area (Å²) in [7, 11) is 0. The number of rotatable bonds is 7. The largest absolute Gasteiger partial charge is 0.446 e. The maximum absolute atomic E-state index is 12.5. The van der Waals surface area contributed by atoms with E-state index >= 15 is 0 Å². The highest BCUT2D eigenvalue weighted by molar-refractivity contribution is 6.33. The molecule has 0 radical (unpaired) electrons. The predicted molar refractivity (Wildman–Crippen MR) is 105 cm³/mol. The van der Waals surface area contributed by atoms with Crippen LogP contribution in [0.1, 0.15) is 5.56 Å². The number of benzene rings is 3. The Morgan fingerprint density at radius 3 is 1.93 bits per heavy atom. The molecule has 0 bridgehead atoms. The lowest BCUT2D eigenvalue weighted by Gasteiger charge is -2.18. The van der Waals surface area contributed by atoms with Gasteiger partial charge in [0.15, 0.2) is 0 Å². The number of amides is 1. The van der Waals surface area contributed by atoms with Crippen LogP contribution in [-0.2, 0) is 4.79 Å². The average molecular weight is 381 g/mol. The van der Waals surface area contributed by atoms with Crippen LogP contribution in [0.2, 0.25) is 5.02 Å². The van der Waals surface area contributed by atoms with E-state index in [2.05, 4.69) is 10.5 Å². The molecule has 0 saturated carbocycles. The molecule has 0 fully saturated rings. The van der Waals surface area contributed by atoms with Crippen molar-refractivity contribution in [2.45, 2.75) is 6.29 Å². The van der Waals surface area contributed by atoms with E-state index in [1.807, 2.05) is 48.5 Å². The number of carbonyl (C=O) groups excluding carboxylic acids is 1.